The quantitative estimate of drug-likeness (QED) is 0.755. The summed E-state index contributed by atoms with van der Waals surface area (Å²) in [5.74, 6) is 0.822. The zero-order valence-electron chi connectivity index (χ0n) is 12.0. The van der Waals surface area contributed by atoms with E-state index in [1.165, 1.54) is 0 Å². The van der Waals surface area contributed by atoms with Gasteiger partial charge in [-0.25, -0.2) is 0 Å². The molecule has 0 aliphatic carbocycles. The Labute approximate surface area is 136 Å². The molecule has 110 valence electrons. The highest BCUT2D eigenvalue weighted by Gasteiger charge is 2.41. The van der Waals surface area contributed by atoms with Crippen molar-refractivity contribution in [1.82, 2.24) is 4.90 Å². The summed E-state index contributed by atoms with van der Waals surface area (Å²) in [6.45, 7) is 9.25. The van der Waals surface area contributed by atoms with Crippen LogP contribution in [0.25, 0.3) is 0 Å². The molecule has 5 heteroatoms. The Morgan fingerprint density at radius 3 is 2.55 bits per heavy atom. The van der Waals surface area contributed by atoms with Gasteiger partial charge in [0.15, 0.2) is 5.78 Å². The number of halogens is 2. The van der Waals surface area contributed by atoms with Gasteiger partial charge in [0.25, 0.3) is 0 Å². The van der Waals surface area contributed by atoms with Crippen molar-refractivity contribution in [2.24, 2.45) is 5.41 Å². The average molecular weight is 405 g/mol. The van der Waals surface area contributed by atoms with Crippen molar-refractivity contribution >= 4 is 37.6 Å². The Kier molecular flexibility index (Phi) is 4.92. The number of ketones is 1. The van der Waals surface area contributed by atoms with Crippen LogP contribution in [0.2, 0.25) is 0 Å². The minimum atomic E-state index is -0.487. The molecule has 0 spiro atoms. The van der Waals surface area contributed by atoms with Crippen LogP contribution in [0.4, 0.5) is 0 Å². The molecule has 1 aliphatic rings. The zero-order valence-corrected chi connectivity index (χ0v) is 15.2. The number of nitrogens with zero attached hydrogens (tertiary/aromatic N) is 1. The number of hydrogen-bond acceptors (Lipinski definition) is 3. The van der Waals surface area contributed by atoms with Crippen LogP contribution in [0.5, 0.6) is 5.75 Å². The summed E-state index contributed by atoms with van der Waals surface area (Å²) in [5, 5.41) is 0. The van der Waals surface area contributed by atoms with Crippen LogP contribution in [0.15, 0.2) is 21.1 Å². The third kappa shape index (κ3) is 2.95. The summed E-state index contributed by atoms with van der Waals surface area (Å²) in [5.41, 5.74) is 0.173. The van der Waals surface area contributed by atoms with Crippen molar-refractivity contribution in [2.75, 3.05) is 26.2 Å². The molecular formula is C15H19Br2NO2. The fraction of sp³-hybridized carbons (Fsp3) is 0.533. The van der Waals surface area contributed by atoms with Gasteiger partial charge in [0, 0.05) is 11.0 Å². The molecule has 1 aromatic carbocycles. The van der Waals surface area contributed by atoms with E-state index in [0.29, 0.717) is 17.9 Å². The van der Waals surface area contributed by atoms with Crippen LogP contribution in [-0.2, 0) is 0 Å². The van der Waals surface area contributed by atoms with Gasteiger partial charge in [0.05, 0.1) is 15.5 Å². The lowest BCUT2D eigenvalue weighted by molar-refractivity contribution is 0.0534. The Bertz CT molecular complexity index is 529. The predicted molar refractivity (Wildman–Crippen MR) is 87.6 cm³/mol. The van der Waals surface area contributed by atoms with Crippen molar-refractivity contribution in [1.29, 1.82) is 0 Å². The lowest BCUT2D eigenvalue weighted by atomic mass is 9.80. The van der Waals surface area contributed by atoms with E-state index < -0.39 is 5.41 Å². The highest BCUT2D eigenvalue weighted by Crippen LogP contribution is 2.41. The summed E-state index contributed by atoms with van der Waals surface area (Å²) >= 11 is 6.89. The minimum absolute atomic E-state index is 0.160. The number of fused-ring (bicyclic) bond motifs is 1. The highest BCUT2D eigenvalue weighted by atomic mass is 79.9. The average Bonchev–Trinajstić information content (AvgIpc) is 2.41. The molecule has 2 rings (SSSR count). The van der Waals surface area contributed by atoms with E-state index in [9.17, 15) is 4.79 Å². The summed E-state index contributed by atoms with van der Waals surface area (Å²) in [6, 6.07) is 3.75. The maximum Gasteiger partial charge on any atom is 0.177 e. The Morgan fingerprint density at radius 2 is 1.95 bits per heavy atom. The second-order valence-corrected chi connectivity index (χ2v) is 7.17. The molecule has 0 saturated heterocycles. The van der Waals surface area contributed by atoms with E-state index in [1.807, 2.05) is 19.1 Å². The van der Waals surface area contributed by atoms with E-state index in [-0.39, 0.29) is 5.78 Å². The summed E-state index contributed by atoms with van der Waals surface area (Å²) in [7, 11) is 0. The molecule has 1 atom stereocenters. The standard InChI is InChI=1S/C15H19Br2NO2/c1-4-18(5-2)8-15(3)9-20-13-11(14(15)19)6-10(16)7-12(13)17/h6-7H,4-5,8-9H2,1-3H3/t15-/m1/s1. The number of benzene rings is 1. The zero-order chi connectivity index (χ0) is 14.9. The van der Waals surface area contributed by atoms with E-state index in [2.05, 4.69) is 50.6 Å². The van der Waals surface area contributed by atoms with Gasteiger partial charge in [0.2, 0.25) is 0 Å². The second-order valence-electron chi connectivity index (χ2n) is 5.40. The summed E-state index contributed by atoms with van der Waals surface area (Å²) in [4.78, 5) is 15.1. The van der Waals surface area contributed by atoms with E-state index in [1.54, 1.807) is 0 Å². The van der Waals surface area contributed by atoms with Crippen LogP contribution in [0.1, 0.15) is 31.1 Å². The molecule has 1 heterocycles. The SMILES string of the molecule is CCN(CC)C[C@]1(C)COc2c(Br)cc(Br)cc2C1=O. The van der Waals surface area contributed by atoms with Crippen molar-refractivity contribution in [3.05, 3.63) is 26.6 Å². The Morgan fingerprint density at radius 1 is 1.30 bits per heavy atom. The Balaban J connectivity index is 2.35. The first-order chi connectivity index (χ1) is 9.41. The smallest absolute Gasteiger partial charge is 0.177 e. The molecule has 0 fully saturated rings. The largest absolute Gasteiger partial charge is 0.491 e. The molecule has 0 bridgehead atoms. The molecule has 0 unspecified atom stereocenters. The molecule has 1 aromatic rings. The molecule has 0 N–H and O–H groups in total. The first-order valence-electron chi connectivity index (χ1n) is 6.80. The Hall–Kier alpha value is -0.390. The highest BCUT2D eigenvalue weighted by molar-refractivity contribution is 9.11. The van der Waals surface area contributed by atoms with E-state index in [4.69, 9.17) is 4.74 Å². The first kappa shape index (κ1) is 16.0. The van der Waals surface area contributed by atoms with Gasteiger partial charge in [-0.05, 0) is 48.1 Å². The lowest BCUT2D eigenvalue weighted by Gasteiger charge is -2.37. The van der Waals surface area contributed by atoms with Crippen molar-refractivity contribution in [3.8, 4) is 5.75 Å². The number of Topliss-reactive ketones (excluding diaryl/α,β-unsaturated/α-hetero) is 1. The second kappa shape index (κ2) is 6.16. The molecular weight excluding hydrogens is 386 g/mol. The third-order valence-corrected chi connectivity index (χ3v) is 4.85. The number of hydrogen-bond donors (Lipinski definition) is 0. The fourth-order valence-electron chi connectivity index (χ4n) is 2.56. The van der Waals surface area contributed by atoms with Crippen LogP contribution in [0.3, 0.4) is 0 Å². The first-order valence-corrected chi connectivity index (χ1v) is 8.39. The summed E-state index contributed by atoms with van der Waals surface area (Å²) < 4.78 is 7.57. The van der Waals surface area contributed by atoms with Crippen LogP contribution < -0.4 is 4.74 Å². The maximum atomic E-state index is 12.9. The van der Waals surface area contributed by atoms with Gasteiger partial charge in [-0.15, -0.1) is 0 Å². The van der Waals surface area contributed by atoms with Crippen molar-refractivity contribution < 1.29 is 9.53 Å². The van der Waals surface area contributed by atoms with Crippen LogP contribution >= 0.6 is 31.9 Å². The normalized spacial score (nSPS) is 21.8. The minimum Gasteiger partial charge on any atom is -0.491 e. The number of carbonyl (C=O) groups is 1. The summed E-state index contributed by atoms with van der Waals surface area (Å²) in [6.07, 6.45) is 0. The van der Waals surface area contributed by atoms with Gasteiger partial charge < -0.3 is 9.64 Å². The van der Waals surface area contributed by atoms with Crippen molar-refractivity contribution in [2.45, 2.75) is 20.8 Å². The van der Waals surface area contributed by atoms with E-state index in [0.717, 1.165) is 28.6 Å². The predicted octanol–water partition coefficient (Wildman–Crippen LogP) is 4.13. The van der Waals surface area contributed by atoms with Crippen LogP contribution in [0, 0.1) is 5.41 Å². The molecule has 0 aromatic heterocycles. The van der Waals surface area contributed by atoms with Gasteiger partial charge in [0.1, 0.15) is 12.4 Å². The maximum absolute atomic E-state index is 12.9. The molecule has 0 saturated carbocycles. The number of ether oxygens (including phenoxy) is 1. The molecule has 0 radical (unpaired) electrons. The van der Waals surface area contributed by atoms with Gasteiger partial charge in [-0.3, -0.25) is 4.79 Å². The number of carbonyl (C=O) groups excluding carboxylic acids is 1. The lowest BCUT2D eigenvalue weighted by Crippen LogP contribution is -2.47. The molecule has 1 aliphatic heterocycles. The number of rotatable bonds is 4. The third-order valence-electron chi connectivity index (χ3n) is 3.80. The van der Waals surface area contributed by atoms with E-state index >= 15 is 0 Å². The molecule has 3 nitrogen and oxygen atoms in total. The van der Waals surface area contributed by atoms with Gasteiger partial charge >= 0.3 is 0 Å². The van der Waals surface area contributed by atoms with Gasteiger partial charge in [-0.1, -0.05) is 29.8 Å². The topological polar surface area (TPSA) is 29.5 Å². The molecule has 0 amide bonds. The van der Waals surface area contributed by atoms with Gasteiger partial charge in [-0.2, -0.15) is 0 Å². The monoisotopic (exact) mass is 403 g/mol. The fourth-order valence-corrected chi connectivity index (χ4v) is 3.90. The molecule has 20 heavy (non-hydrogen) atoms. The van der Waals surface area contributed by atoms with Crippen molar-refractivity contribution in [3.63, 3.8) is 0 Å². The van der Waals surface area contributed by atoms with Crippen LogP contribution in [-0.4, -0.2) is 36.9 Å².